The SMILES string of the molecule is CCCCCCCCCCCC[n+]1ccc2ccsc2c1.[Br-]. The number of rotatable bonds is 11. The molecule has 0 aliphatic carbocycles. The molecule has 3 heteroatoms. The van der Waals surface area contributed by atoms with Gasteiger partial charge < -0.3 is 17.0 Å². The quantitative estimate of drug-likeness (QED) is 0.414. The molecular weight excluding hydrogens is 354 g/mol. The highest BCUT2D eigenvalue weighted by atomic mass is 79.9. The van der Waals surface area contributed by atoms with Crippen LogP contribution in [0.5, 0.6) is 0 Å². The van der Waals surface area contributed by atoms with Gasteiger partial charge in [0.15, 0.2) is 12.4 Å². The van der Waals surface area contributed by atoms with E-state index in [4.69, 9.17) is 0 Å². The summed E-state index contributed by atoms with van der Waals surface area (Å²) in [6.07, 6.45) is 18.6. The lowest BCUT2D eigenvalue weighted by Gasteiger charge is -2.01. The van der Waals surface area contributed by atoms with Crippen LogP contribution in [0, 0.1) is 0 Å². The normalized spacial score (nSPS) is 10.8. The van der Waals surface area contributed by atoms with E-state index in [1.165, 1.54) is 80.8 Å². The van der Waals surface area contributed by atoms with E-state index in [2.05, 4.69) is 41.4 Å². The van der Waals surface area contributed by atoms with Crippen molar-refractivity contribution in [2.45, 2.75) is 77.7 Å². The van der Waals surface area contributed by atoms with E-state index in [1.54, 1.807) is 0 Å². The lowest BCUT2D eigenvalue weighted by Crippen LogP contribution is -3.00. The third kappa shape index (κ3) is 7.23. The number of hydrogen-bond donors (Lipinski definition) is 0. The number of thiophene rings is 1. The standard InChI is InChI=1S/C19H30NS.BrH/c1-2-3-4-5-6-7-8-9-10-11-14-20-15-12-18-13-16-21-19(18)17-20;/h12-13,15-17H,2-11,14H2,1H3;1H/q+1;/p-1. The Kier molecular flexibility index (Phi) is 10.8. The number of aryl methyl sites for hydroxylation is 1. The maximum atomic E-state index is 2.35. The molecule has 0 bridgehead atoms. The van der Waals surface area contributed by atoms with Crippen molar-refractivity contribution in [3.05, 3.63) is 29.9 Å². The summed E-state index contributed by atoms with van der Waals surface area (Å²) in [7, 11) is 0. The zero-order valence-electron chi connectivity index (χ0n) is 13.9. The Morgan fingerprint density at radius 3 is 2.18 bits per heavy atom. The smallest absolute Gasteiger partial charge is 0.186 e. The van der Waals surface area contributed by atoms with Crippen molar-refractivity contribution in [3.8, 4) is 0 Å². The highest BCUT2D eigenvalue weighted by Crippen LogP contribution is 2.17. The fourth-order valence-electron chi connectivity index (χ4n) is 2.86. The Balaban J connectivity index is 0.00000242. The zero-order valence-corrected chi connectivity index (χ0v) is 16.3. The van der Waals surface area contributed by atoms with Crippen molar-refractivity contribution in [1.29, 1.82) is 0 Å². The summed E-state index contributed by atoms with van der Waals surface area (Å²) >= 11 is 1.84. The maximum Gasteiger partial charge on any atom is 0.186 e. The second-order valence-corrected chi connectivity index (χ2v) is 7.05. The second-order valence-electron chi connectivity index (χ2n) is 6.10. The molecule has 2 heterocycles. The first-order valence-corrected chi connectivity index (χ1v) is 9.64. The molecule has 0 fully saturated rings. The number of unbranched alkanes of at least 4 members (excludes halogenated alkanes) is 9. The van der Waals surface area contributed by atoms with Gasteiger partial charge in [0.2, 0.25) is 0 Å². The van der Waals surface area contributed by atoms with Gasteiger partial charge in [-0.3, -0.25) is 0 Å². The van der Waals surface area contributed by atoms with E-state index in [-0.39, 0.29) is 17.0 Å². The predicted molar refractivity (Wildman–Crippen MR) is 93.9 cm³/mol. The van der Waals surface area contributed by atoms with Crippen LogP contribution in [0.2, 0.25) is 0 Å². The lowest BCUT2D eigenvalue weighted by atomic mass is 10.1. The Labute approximate surface area is 150 Å². The fraction of sp³-hybridized carbons (Fsp3) is 0.632. The van der Waals surface area contributed by atoms with Gasteiger partial charge in [-0.05, 0) is 17.9 Å². The van der Waals surface area contributed by atoms with Crippen LogP contribution in [0.15, 0.2) is 29.9 Å². The summed E-state index contributed by atoms with van der Waals surface area (Å²) in [5.74, 6) is 0. The number of pyridine rings is 1. The van der Waals surface area contributed by atoms with E-state index in [0.29, 0.717) is 0 Å². The Morgan fingerprint density at radius 1 is 0.864 bits per heavy atom. The molecule has 22 heavy (non-hydrogen) atoms. The van der Waals surface area contributed by atoms with E-state index in [9.17, 15) is 0 Å². The molecule has 2 aromatic heterocycles. The average molecular weight is 384 g/mol. The van der Waals surface area contributed by atoms with Gasteiger partial charge in [0.05, 0.1) is 4.70 Å². The molecule has 0 atom stereocenters. The van der Waals surface area contributed by atoms with Crippen LogP contribution >= 0.6 is 11.3 Å². The van der Waals surface area contributed by atoms with Crippen LogP contribution in [0.3, 0.4) is 0 Å². The largest absolute Gasteiger partial charge is 1.00 e. The topological polar surface area (TPSA) is 3.88 Å². The molecule has 0 spiro atoms. The van der Waals surface area contributed by atoms with Gasteiger partial charge >= 0.3 is 0 Å². The van der Waals surface area contributed by atoms with Crippen molar-refractivity contribution in [3.63, 3.8) is 0 Å². The third-order valence-corrected chi connectivity index (χ3v) is 5.09. The molecule has 0 unspecified atom stereocenters. The first-order chi connectivity index (χ1) is 10.4. The average Bonchev–Trinajstić information content (AvgIpc) is 2.97. The van der Waals surface area contributed by atoms with Gasteiger partial charge in [0.1, 0.15) is 6.54 Å². The van der Waals surface area contributed by atoms with Gasteiger partial charge in [0.25, 0.3) is 0 Å². The fourth-order valence-corrected chi connectivity index (χ4v) is 3.69. The lowest BCUT2D eigenvalue weighted by molar-refractivity contribution is -0.696. The summed E-state index contributed by atoms with van der Waals surface area (Å²) in [6.45, 7) is 3.46. The van der Waals surface area contributed by atoms with Gasteiger partial charge in [-0.1, -0.05) is 58.3 Å². The molecule has 0 saturated heterocycles. The molecule has 0 aliphatic rings. The highest BCUT2D eigenvalue weighted by Gasteiger charge is 2.03. The van der Waals surface area contributed by atoms with E-state index < -0.39 is 0 Å². The third-order valence-electron chi connectivity index (χ3n) is 4.23. The molecule has 124 valence electrons. The summed E-state index contributed by atoms with van der Waals surface area (Å²) in [5.41, 5.74) is 0. The van der Waals surface area contributed by atoms with Crippen LogP contribution in [-0.4, -0.2) is 0 Å². The molecule has 0 N–H and O–H groups in total. The van der Waals surface area contributed by atoms with E-state index in [1.807, 2.05) is 11.3 Å². The van der Waals surface area contributed by atoms with Gasteiger partial charge in [-0.2, -0.15) is 0 Å². The predicted octanol–water partition coefficient (Wildman–Crippen LogP) is 3.11. The van der Waals surface area contributed by atoms with Crippen LogP contribution in [0.1, 0.15) is 71.1 Å². The van der Waals surface area contributed by atoms with Crippen molar-refractivity contribution < 1.29 is 21.5 Å². The number of hydrogen-bond acceptors (Lipinski definition) is 1. The van der Waals surface area contributed by atoms with Crippen LogP contribution in [0.25, 0.3) is 10.1 Å². The highest BCUT2D eigenvalue weighted by molar-refractivity contribution is 7.17. The first-order valence-electron chi connectivity index (χ1n) is 8.76. The van der Waals surface area contributed by atoms with Crippen molar-refractivity contribution in [2.75, 3.05) is 0 Å². The van der Waals surface area contributed by atoms with Crippen molar-refractivity contribution in [1.82, 2.24) is 0 Å². The van der Waals surface area contributed by atoms with Crippen LogP contribution in [-0.2, 0) is 6.54 Å². The van der Waals surface area contributed by atoms with E-state index in [0.717, 1.165) is 0 Å². The minimum absolute atomic E-state index is 0. The Hall–Kier alpha value is -0.410. The molecule has 0 aliphatic heterocycles. The molecule has 0 amide bonds. The number of fused-ring (bicyclic) bond motifs is 1. The van der Waals surface area contributed by atoms with Crippen molar-refractivity contribution in [2.24, 2.45) is 0 Å². The minimum atomic E-state index is 0. The molecule has 0 saturated carbocycles. The minimum Gasteiger partial charge on any atom is -1.00 e. The van der Waals surface area contributed by atoms with Crippen LogP contribution < -0.4 is 21.5 Å². The molecule has 1 nitrogen and oxygen atoms in total. The summed E-state index contributed by atoms with van der Waals surface area (Å²) in [6, 6.07) is 4.44. The summed E-state index contributed by atoms with van der Waals surface area (Å²) in [5, 5.41) is 3.55. The van der Waals surface area contributed by atoms with Gasteiger partial charge in [-0.15, -0.1) is 11.3 Å². The second kappa shape index (κ2) is 12.1. The monoisotopic (exact) mass is 383 g/mol. The Morgan fingerprint density at radius 2 is 1.50 bits per heavy atom. The summed E-state index contributed by atoms with van der Waals surface area (Å²) in [4.78, 5) is 0. The molecular formula is C19H30BrNS. The molecule has 2 rings (SSSR count). The number of halogens is 1. The van der Waals surface area contributed by atoms with Gasteiger partial charge in [0, 0.05) is 17.9 Å². The maximum absolute atomic E-state index is 2.35. The number of nitrogens with zero attached hydrogens (tertiary/aromatic N) is 1. The number of aromatic nitrogens is 1. The molecule has 0 aromatic carbocycles. The van der Waals surface area contributed by atoms with E-state index >= 15 is 0 Å². The first kappa shape index (κ1) is 19.6. The molecule has 0 radical (unpaired) electrons. The van der Waals surface area contributed by atoms with Gasteiger partial charge in [-0.25, -0.2) is 4.57 Å². The Bertz CT molecular complexity index is 509. The zero-order chi connectivity index (χ0) is 14.8. The summed E-state index contributed by atoms with van der Waals surface area (Å²) < 4.78 is 3.76. The van der Waals surface area contributed by atoms with Crippen LogP contribution in [0.4, 0.5) is 0 Å². The molecule has 2 aromatic rings. The van der Waals surface area contributed by atoms with Crippen molar-refractivity contribution >= 4 is 21.4 Å².